The molecule has 0 bridgehead atoms. The van der Waals surface area contributed by atoms with E-state index in [9.17, 15) is 0 Å². The molecule has 1 N–H and O–H groups in total. The highest BCUT2D eigenvalue weighted by Gasteiger charge is 2.15. The van der Waals surface area contributed by atoms with Gasteiger partial charge in [-0.2, -0.15) is 0 Å². The summed E-state index contributed by atoms with van der Waals surface area (Å²) in [6.45, 7) is 3.34. The number of rotatable bonds is 5. The topological polar surface area (TPSA) is 43.4 Å². The van der Waals surface area contributed by atoms with Crippen molar-refractivity contribution in [2.45, 2.75) is 25.8 Å². The SMILES string of the molecule is CCC(CCCl)Nc1nccc2cc3c(cc12)OCCO3. The second-order valence-electron chi connectivity index (χ2n) is 5.10. The third-order valence-electron chi connectivity index (χ3n) is 3.72. The van der Waals surface area contributed by atoms with Crippen LogP contribution in [-0.2, 0) is 0 Å². The van der Waals surface area contributed by atoms with Crippen LogP contribution in [-0.4, -0.2) is 30.1 Å². The van der Waals surface area contributed by atoms with E-state index in [0.29, 0.717) is 25.1 Å². The fourth-order valence-corrected chi connectivity index (χ4v) is 2.79. The standard InChI is InChI=1S/C16H19ClN2O2/c1-2-12(3-5-17)19-16-13-10-15-14(20-7-8-21-15)9-11(13)4-6-18-16/h4,6,9-10,12H,2-3,5,7-8H2,1H3,(H,18,19). The molecule has 1 unspecified atom stereocenters. The Hall–Kier alpha value is -1.68. The smallest absolute Gasteiger partial charge is 0.162 e. The molecule has 1 aromatic carbocycles. The molecule has 1 atom stereocenters. The summed E-state index contributed by atoms with van der Waals surface area (Å²) in [5.74, 6) is 3.11. The lowest BCUT2D eigenvalue weighted by molar-refractivity contribution is 0.172. The molecule has 1 aliphatic heterocycles. The van der Waals surface area contributed by atoms with Crippen LogP contribution in [0.3, 0.4) is 0 Å². The summed E-state index contributed by atoms with van der Waals surface area (Å²) in [5, 5.41) is 5.63. The summed E-state index contributed by atoms with van der Waals surface area (Å²) in [7, 11) is 0. The Labute approximate surface area is 129 Å². The molecule has 0 radical (unpaired) electrons. The number of nitrogens with one attached hydrogen (secondary N) is 1. The fraction of sp³-hybridized carbons (Fsp3) is 0.438. The van der Waals surface area contributed by atoms with Crippen molar-refractivity contribution in [3.63, 3.8) is 0 Å². The van der Waals surface area contributed by atoms with Crippen LogP contribution in [0.1, 0.15) is 19.8 Å². The fourth-order valence-electron chi connectivity index (χ4n) is 2.53. The minimum atomic E-state index is 0.328. The number of pyridine rings is 1. The number of halogens is 1. The second-order valence-corrected chi connectivity index (χ2v) is 5.48. The Bertz CT molecular complexity index is 633. The van der Waals surface area contributed by atoms with Gasteiger partial charge in [0.05, 0.1) is 0 Å². The van der Waals surface area contributed by atoms with Crippen molar-refractivity contribution < 1.29 is 9.47 Å². The molecule has 0 amide bonds. The molecule has 5 heteroatoms. The van der Waals surface area contributed by atoms with Crippen molar-refractivity contribution >= 4 is 28.2 Å². The minimum absolute atomic E-state index is 0.328. The number of ether oxygens (including phenoxy) is 2. The summed E-state index contributed by atoms with van der Waals surface area (Å²) >= 11 is 5.86. The summed E-state index contributed by atoms with van der Waals surface area (Å²) in [5.41, 5.74) is 0. The van der Waals surface area contributed by atoms with Gasteiger partial charge in [-0.1, -0.05) is 6.92 Å². The minimum Gasteiger partial charge on any atom is -0.486 e. The van der Waals surface area contributed by atoms with Crippen molar-refractivity contribution in [1.29, 1.82) is 0 Å². The van der Waals surface area contributed by atoms with Crippen molar-refractivity contribution in [2.75, 3.05) is 24.4 Å². The Morgan fingerprint density at radius 3 is 2.76 bits per heavy atom. The predicted molar refractivity (Wildman–Crippen MR) is 85.8 cm³/mol. The van der Waals surface area contributed by atoms with Gasteiger partial charge in [-0.15, -0.1) is 11.6 Å². The Balaban J connectivity index is 1.98. The monoisotopic (exact) mass is 306 g/mol. The maximum absolute atomic E-state index is 5.86. The van der Waals surface area contributed by atoms with E-state index in [1.807, 2.05) is 24.4 Å². The van der Waals surface area contributed by atoms with Crippen LogP contribution in [0.25, 0.3) is 10.8 Å². The third-order valence-corrected chi connectivity index (χ3v) is 3.94. The number of hydrogen-bond acceptors (Lipinski definition) is 4. The van der Waals surface area contributed by atoms with Gasteiger partial charge in [0.15, 0.2) is 11.5 Å². The molecule has 0 saturated carbocycles. The molecule has 2 heterocycles. The van der Waals surface area contributed by atoms with Gasteiger partial charge in [0, 0.05) is 23.5 Å². The Morgan fingerprint density at radius 1 is 1.29 bits per heavy atom. The number of anilines is 1. The average Bonchev–Trinajstić information content (AvgIpc) is 2.53. The lowest BCUT2D eigenvalue weighted by Crippen LogP contribution is -2.20. The van der Waals surface area contributed by atoms with Gasteiger partial charge >= 0.3 is 0 Å². The molecule has 112 valence electrons. The maximum Gasteiger partial charge on any atom is 0.162 e. The van der Waals surface area contributed by atoms with E-state index in [4.69, 9.17) is 21.1 Å². The average molecular weight is 307 g/mol. The van der Waals surface area contributed by atoms with Crippen LogP contribution in [0, 0.1) is 0 Å². The first-order valence-corrected chi connectivity index (χ1v) is 7.86. The van der Waals surface area contributed by atoms with Gasteiger partial charge in [0.1, 0.15) is 19.0 Å². The third kappa shape index (κ3) is 3.00. The molecule has 0 spiro atoms. The van der Waals surface area contributed by atoms with E-state index in [0.717, 1.165) is 40.9 Å². The zero-order valence-corrected chi connectivity index (χ0v) is 12.8. The van der Waals surface area contributed by atoms with Crippen LogP contribution in [0.5, 0.6) is 11.5 Å². The normalized spacial score (nSPS) is 15.0. The molecule has 1 aromatic heterocycles. The summed E-state index contributed by atoms with van der Waals surface area (Å²) < 4.78 is 11.3. The van der Waals surface area contributed by atoms with Crippen molar-refractivity contribution in [3.05, 3.63) is 24.4 Å². The predicted octanol–water partition coefficient (Wildman–Crippen LogP) is 3.83. The molecule has 4 nitrogen and oxygen atoms in total. The van der Waals surface area contributed by atoms with E-state index in [1.54, 1.807) is 0 Å². The first-order valence-electron chi connectivity index (χ1n) is 7.32. The molecule has 2 aromatic rings. The van der Waals surface area contributed by atoms with Crippen LogP contribution in [0.15, 0.2) is 24.4 Å². The molecule has 1 aliphatic rings. The number of hydrogen-bond donors (Lipinski definition) is 1. The zero-order valence-electron chi connectivity index (χ0n) is 12.1. The Kier molecular flexibility index (Phi) is 4.34. The molecule has 21 heavy (non-hydrogen) atoms. The Morgan fingerprint density at radius 2 is 2.05 bits per heavy atom. The molecular weight excluding hydrogens is 288 g/mol. The number of fused-ring (bicyclic) bond motifs is 2. The van der Waals surface area contributed by atoms with Crippen LogP contribution in [0.2, 0.25) is 0 Å². The van der Waals surface area contributed by atoms with Gasteiger partial charge < -0.3 is 14.8 Å². The lowest BCUT2D eigenvalue weighted by Gasteiger charge is -2.21. The van der Waals surface area contributed by atoms with E-state index < -0.39 is 0 Å². The number of nitrogens with zero attached hydrogens (tertiary/aromatic N) is 1. The number of benzene rings is 1. The van der Waals surface area contributed by atoms with Crippen molar-refractivity contribution in [1.82, 2.24) is 4.98 Å². The van der Waals surface area contributed by atoms with Crippen molar-refractivity contribution in [2.24, 2.45) is 0 Å². The molecule has 0 saturated heterocycles. The van der Waals surface area contributed by atoms with Gasteiger partial charge in [0.25, 0.3) is 0 Å². The first-order chi connectivity index (χ1) is 10.3. The second kappa shape index (κ2) is 6.39. The van der Waals surface area contributed by atoms with Gasteiger partial charge in [-0.25, -0.2) is 4.98 Å². The number of alkyl halides is 1. The lowest BCUT2D eigenvalue weighted by atomic mass is 10.1. The molecule has 0 fully saturated rings. The highest BCUT2D eigenvalue weighted by atomic mass is 35.5. The number of aromatic nitrogens is 1. The van der Waals surface area contributed by atoms with Gasteiger partial charge in [-0.3, -0.25) is 0 Å². The first kappa shape index (κ1) is 14.3. The van der Waals surface area contributed by atoms with E-state index in [-0.39, 0.29) is 0 Å². The zero-order chi connectivity index (χ0) is 14.7. The van der Waals surface area contributed by atoms with Gasteiger partial charge in [0.2, 0.25) is 0 Å². The highest BCUT2D eigenvalue weighted by Crippen LogP contribution is 2.36. The van der Waals surface area contributed by atoms with Crippen LogP contribution in [0.4, 0.5) is 5.82 Å². The van der Waals surface area contributed by atoms with Crippen molar-refractivity contribution in [3.8, 4) is 11.5 Å². The quantitative estimate of drug-likeness (QED) is 0.853. The molecule has 3 rings (SSSR count). The summed E-state index contributed by atoms with van der Waals surface area (Å²) in [6, 6.07) is 6.33. The molecule has 0 aliphatic carbocycles. The summed E-state index contributed by atoms with van der Waals surface area (Å²) in [4.78, 5) is 4.48. The summed E-state index contributed by atoms with van der Waals surface area (Å²) in [6.07, 6.45) is 3.74. The van der Waals surface area contributed by atoms with Crippen LogP contribution < -0.4 is 14.8 Å². The molecular formula is C16H19ClN2O2. The van der Waals surface area contributed by atoms with E-state index in [1.165, 1.54) is 0 Å². The highest BCUT2D eigenvalue weighted by molar-refractivity contribution is 6.17. The van der Waals surface area contributed by atoms with E-state index in [2.05, 4.69) is 17.2 Å². The van der Waals surface area contributed by atoms with Gasteiger partial charge in [-0.05, 0) is 36.4 Å². The largest absolute Gasteiger partial charge is 0.486 e. The maximum atomic E-state index is 5.86. The van der Waals surface area contributed by atoms with E-state index >= 15 is 0 Å². The van der Waals surface area contributed by atoms with Crippen LogP contribution >= 0.6 is 11.6 Å².